The number of piperidine rings is 1. The molecule has 0 aliphatic carbocycles. The number of benzene rings is 2. The van der Waals surface area contributed by atoms with Crippen molar-refractivity contribution < 1.29 is 13.2 Å². The molecule has 2 aromatic rings. The highest BCUT2D eigenvalue weighted by molar-refractivity contribution is 7.89. The van der Waals surface area contributed by atoms with Gasteiger partial charge in [0.1, 0.15) is 0 Å². The fourth-order valence-electron chi connectivity index (χ4n) is 3.56. The van der Waals surface area contributed by atoms with Crippen molar-refractivity contribution in [1.29, 1.82) is 0 Å². The summed E-state index contributed by atoms with van der Waals surface area (Å²) in [4.78, 5) is 15.2. The van der Waals surface area contributed by atoms with Crippen LogP contribution in [0.5, 0.6) is 0 Å². The summed E-state index contributed by atoms with van der Waals surface area (Å²) in [5.74, 6) is -0.294. The lowest BCUT2D eigenvalue weighted by Crippen LogP contribution is -2.40. The maximum atomic E-state index is 12.9. The SMILES string of the molecule is CNS(=O)(=O)c1ccc(C)c(NC(=O)C2CCCN(Cc3ccc(Cl)cc3Cl)C2)c1. The normalized spacial score (nSPS) is 17.7. The van der Waals surface area contributed by atoms with Crippen LogP contribution >= 0.6 is 23.2 Å². The molecule has 0 aromatic heterocycles. The van der Waals surface area contributed by atoms with Crippen LogP contribution in [0.25, 0.3) is 0 Å². The molecule has 1 fully saturated rings. The van der Waals surface area contributed by atoms with E-state index in [4.69, 9.17) is 23.2 Å². The molecule has 6 nitrogen and oxygen atoms in total. The van der Waals surface area contributed by atoms with E-state index in [-0.39, 0.29) is 16.7 Å². The Kier molecular flexibility index (Phi) is 7.42. The Morgan fingerprint density at radius 1 is 1.20 bits per heavy atom. The Hall–Kier alpha value is -1.64. The van der Waals surface area contributed by atoms with Crippen LogP contribution in [-0.2, 0) is 21.4 Å². The first-order valence-corrected chi connectivity index (χ1v) is 11.9. The molecule has 3 rings (SSSR count). The monoisotopic (exact) mass is 469 g/mol. The van der Waals surface area contributed by atoms with Crippen molar-refractivity contribution in [2.75, 3.05) is 25.5 Å². The standard InChI is InChI=1S/C21H25Cl2N3O3S/c1-14-5-8-18(30(28,29)24-2)11-20(14)25-21(27)16-4-3-9-26(13-16)12-15-6-7-17(22)10-19(15)23/h5-8,10-11,16,24H,3-4,9,12-13H2,1-2H3,(H,25,27). The molecule has 1 aliphatic heterocycles. The van der Waals surface area contributed by atoms with Gasteiger partial charge in [0.2, 0.25) is 15.9 Å². The highest BCUT2D eigenvalue weighted by atomic mass is 35.5. The molecule has 0 spiro atoms. The van der Waals surface area contributed by atoms with Gasteiger partial charge in [0.05, 0.1) is 10.8 Å². The van der Waals surface area contributed by atoms with Crippen LogP contribution in [0.1, 0.15) is 24.0 Å². The zero-order valence-corrected chi connectivity index (χ0v) is 19.2. The number of nitrogens with zero attached hydrogens (tertiary/aromatic N) is 1. The number of carbonyl (C=O) groups excluding carboxylic acids is 1. The van der Waals surface area contributed by atoms with Gasteiger partial charge in [-0.2, -0.15) is 0 Å². The van der Waals surface area contributed by atoms with E-state index >= 15 is 0 Å². The van der Waals surface area contributed by atoms with Crippen molar-refractivity contribution in [3.8, 4) is 0 Å². The molecule has 1 amide bonds. The van der Waals surface area contributed by atoms with Crippen molar-refractivity contribution in [2.24, 2.45) is 5.92 Å². The predicted octanol–water partition coefficient (Wildman–Crippen LogP) is 4.06. The molecule has 1 unspecified atom stereocenters. The number of hydrogen-bond acceptors (Lipinski definition) is 4. The van der Waals surface area contributed by atoms with Gasteiger partial charge in [-0.25, -0.2) is 13.1 Å². The zero-order valence-electron chi connectivity index (χ0n) is 16.9. The molecule has 1 heterocycles. The number of rotatable bonds is 6. The molecular formula is C21H25Cl2N3O3S. The topological polar surface area (TPSA) is 78.5 Å². The Morgan fingerprint density at radius 3 is 2.67 bits per heavy atom. The van der Waals surface area contributed by atoms with Crippen LogP contribution in [0.3, 0.4) is 0 Å². The van der Waals surface area contributed by atoms with Crippen molar-refractivity contribution in [1.82, 2.24) is 9.62 Å². The number of aryl methyl sites for hydroxylation is 1. The summed E-state index contributed by atoms with van der Waals surface area (Å²) in [5.41, 5.74) is 2.29. The Balaban J connectivity index is 1.69. The third kappa shape index (κ3) is 5.53. The van der Waals surface area contributed by atoms with Crippen molar-refractivity contribution in [2.45, 2.75) is 31.2 Å². The van der Waals surface area contributed by atoms with Crippen LogP contribution < -0.4 is 10.0 Å². The number of amides is 1. The average molecular weight is 470 g/mol. The molecule has 162 valence electrons. The summed E-state index contributed by atoms with van der Waals surface area (Å²) >= 11 is 12.3. The summed E-state index contributed by atoms with van der Waals surface area (Å²) < 4.78 is 26.4. The van der Waals surface area contributed by atoms with Gasteiger partial charge < -0.3 is 5.32 Å². The van der Waals surface area contributed by atoms with Gasteiger partial charge in [-0.1, -0.05) is 35.3 Å². The van der Waals surface area contributed by atoms with E-state index in [9.17, 15) is 13.2 Å². The molecule has 0 bridgehead atoms. The Labute approximate surface area is 187 Å². The molecule has 2 aromatic carbocycles. The Morgan fingerprint density at radius 2 is 1.97 bits per heavy atom. The fourth-order valence-corrected chi connectivity index (χ4v) is 4.78. The summed E-state index contributed by atoms with van der Waals surface area (Å²) in [6.07, 6.45) is 1.68. The number of anilines is 1. The number of halogens is 2. The largest absolute Gasteiger partial charge is 0.326 e. The zero-order chi connectivity index (χ0) is 21.9. The third-order valence-corrected chi connectivity index (χ3v) is 7.33. The quantitative estimate of drug-likeness (QED) is 0.668. The number of carbonyl (C=O) groups is 1. The number of hydrogen-bond donors (Lipinski definition) is 2. The van der Waals surface area contributed by atoms with E-state index in [1.807, 2.05) is 19.1 Å². The predicted molar refractivity (Wildman–Crippen MR) is 121 cm³/mol. The fraction of sp³-hybridized carbons (Fsp3) is 0.381. The summed E-state index contributed by atoms with van der Waals surface area (Å²) in [7, 11) is -2.22. The van der Waals surface area contributed by atoms with Crippen LogP contribution in [0.15, 0.2) is 41.3 Å². The lowest BCUT2D eigenvalue weighted by molar-refractivity contribution is -0.121. The summed E-state index contributed by atoms with van der Waals surface area (Å²) in [6.45, 7) is 3.98. The molecular weight excluding hydrogens is 445 g/mol. The molecule has 9 heteroatoms. The highest BCUT2D eigenvalue weighted by Gasteiger charge is 2.27. The van der Waals surface area contributed by atoms with Crippen LogP contribution in [0.4, 0.5) is 5.69 Å². The summed E-state index contributed by atoms with van der Waals surface area (Å²) in [5, 5.41) is 4.13. The van der Waals surface area contributed by atoms with E-state index in [2.05, 4.69) is 14.9 Å². The number of likely N-dealkylation sites (tertiary alicyclic amines) is 1. The molecule has 0 radical (unpaired) electrons. The minimum Gasteiger partial charge on any atom is -0.326 e. The van der Waals surface area contributed by atoms with Gasteiger partial charge in [-0.15, -0.1) is 0 Å². The molecule has 0 saturated carbocycles. The van der Waals surface area contributed by atoms with Crippen molar-refractivity contribution >= 4 is 44.8 Å². The van der Waals surface area contributed by atoms with Gasteiger partial charge >= 0.3 is 0 Å². The maximum absolute atomic E-state index is 12.9. The van der Waals surface area contributed by atoms with Gasteiger partial charge in [-0.05, 0) is 68.8 Å². The molecule has 30 heavy (non-hydrogen) atoms. The third-order valence-electron chi connectivity index (χ3n) is 5.33. The smallest absolute Gasteiger partial charge is 0.240 e. The first kappa shape index (κ1) is 23.0. The van der Waals surface area contributed by atoms with Gasteiger partial charge in [0.15, 0.2) is 0 Å². The first-order valence-electron chi connectivity index (χ1n) is 9.71. The molecule has 2 N–H and O–H groups in total. The van der Waals surface area contributed by atoms with E-state index in [1.165, 1.54) is 19.2 Å². The van der Waals surface area contributed by atoms with E-state index in [0.717, 1.165) is 30.5 Å². The highest BCUT2D eigenvalue weighted by Crippen LogP contribution is 2.26. The second-order valence-corrected chi connectivity index (χ2v) is 10.2. The summed E-state index contributed by atoms with van der Waals surface area (Å²) in [6, 6.07) is 10.1. The molecule has 1 aliphatic rings. The minimum atomic E-state index is -3.58. The van der Waals surface area contributed by atoms with E-state index in [0.29, 0.717) is 28.8 Å². The van der Waals surface area contributed by atoms with Gasteiger partial charge in [-0.3, -0.25) is 9.69 Å². The molecule has 1 saturated heterocycles. The van der Waals surface area contributed by atoms with Crippen LogP contribution in [0, 0.1) is 12.8 Å². The van der Waals surface area contributed by atoms with Gasteiger partial charge in [0, 0.05) is 28.8 Å². The minimum absolute atomic E-state index is 0.107. The first-order chi connectivity index (χ1) is 14.2. The van der Waals surface area contributed by atoms with Gasteiger partial charge in [0.25, 0.3) is 0 Å². The lowest BCUT2D eigenvalue weighted by atomic mass is 9.96. The second kappa shape index (κ2) is 9.66. The number of sulfonamides is 1. The van der Waals surface area contributed by atoms with Crippen molar-refractivity contribution in [3.63, 3.8) is 0 Å². The molecule has 1 atom stereocenters. The lowest BCUT2D eigenvalue weighted by Gasteiger charge is -2.32. The van der Waals surface area contributed by atoms with E-state index in [1.54, 1.807) is 12.1 Å². The maximum Gasteiger partial charge on any atom is 0.240 e. The van der Waals surface area contributed by atoms with Crippen LogP contribution in [0.2, 0.25) is 10.0 Å². The van der Waals surface area contributed by atoms with E-state index < -0.39 is 10.0 Å². The second-order valence-electron chi connectivity index (χ2n) is 7.48. The van der Waals surface area contributed by atoms with Crippen LogP contribution in [-0.4, -0.2) is 39.4 Å². The average Bonchev–Trinajstić information content (AvgIpc) is 2.71. The number of nitrogens with one attached hydrogen (secondary N) is 2. The van der Waals surface area contributed by atoms with Crippen molar-refractivity contribution in [3.05, 3.63) is 57.6 Å². The Bertz CT molecular complexity index is 1040.